The number of carboxylic acid groups (broad SMARTS) is 1. The zero-order chi connectivity index (χ0) is 27.7. The number of hydrogen-bond donors (Lipinski definition) is 3. The Bertz CT molecular complexity index is 1570. The maximum Gasteiger partial charge on any atom is 0.412 e. The van der Waals surface area contributed by atoms with Crippen LogP contribution in [-0.4, -0.2) is 63.1 Å². The lowest BCUT2D eigenvalue weighted by Crippen LogP contribution is -2.49. The number of fused-ring (bicyclic) bond motifs is 1. The summed E-state index contributed by atoms with van der Waals surface area (Å²) in [7, 11) is 3.16. The van der Waals surface area contributed by atoms with Crippen molar-refractivity contribution < 1.29 is 23.8 Å². The van der Waals surface area contributed by atoms with Crippen molar-refractivity contribution in [1.29, 1.82) is 0 Å². The fourth-order valence-electron chi connectivity index (χ4n) is 4.77. The SMILES string of the molecule is COc1cccc(F)c1-c1nccc(C(=O)Nc2cc(I)c3nn(C)cc3c2N(C(=O)O)[C@H]2CCCNC2)n1. The minimum atomic E-state index is -1.14. The first-order valence-electron chi connectivity index (χ1n) is 12.1. The monoisotopic (exact) mass is 645 g/mol. The van der Waals surface area contributed by atoms with E-state index in [1.54, 1.807) is 30.1 Å². The third-order valence-electron chi connectivity index (χ3n) is 6.47. The average Bonchev–Trinajstić information content (AvgIpc) is 3.32. The lowest BCUT2D eigenvalue weighted by Gasteiger charge is -2.34. The number of aryl methyl sites for hydroxylation is 1. The number of carbonyl (C=O) groups excluding carboxylic acids is 1. The molecule has 0 bridgehead atoms. The van der Waals surface area contributed by atoms with Crippen molar-refractivity contribution in [3.63, 3.8) is 0 Å². The number of rotatable bonds is 6. The molecule has 5 rings (SSSR count). The molecule has 202 valence electrons. The largest absolute Gasteiger partial charge is 0.496 e. The number of nitrogens with zero attached hydrogens (tertiary/aromatic N) is 5. The van der Waals surface area contributed by atoms with Crippen LogP contribution in [0.5, 0.6) is 5.75 Å². The third-order valence-corrected chi connectivity index (χ3v) is 7.30. The van der Waals surface area contributed by atoms with Gasteiger partial charge in [-0.15, -0.1) is 0 Å². The normalized spacial score (nSPS) is 15.2. The highest BCUT2D eigenvalue weighted by Crippen LogP contribution is 2.39. The van der Waals surface area contributed by atoms with E-state index in [0.29, 0.717) is 35.2 Å². The predicted octanol–water partition coefficient (Wildman–Crippen LogP) is 4.27. The van der Waals surface area contributed by atoms with Crippen LogP contribution in [0.1, 0.15) is 23.3 Å². The van der Waals surface area contributed by atoms with E-state index in [0.717, 1.165) is 16.5 Å². The van der Waals surface area contributed by atoms with Crippen LogP contribution in [0.4, 0.5) is 20.6 Å². The molecule has 4 aromatic rings. The zero-order valence-electron chi connectivity index (χ0n) is 21.1. The van der Waals surface area contributed by atoms with Gasteiger partial charge < -0.3 is 20.5 Å². The van der Waals surface area contributed by atoms with E-state index in [-0.39, 0.29) is 28.9 Å². The van der Waals surface area contributed by atoms with Gasteiger partial charge in [0.1, 0.15) is 22.8 Å². The number of ether oxygens (including phenoxy) is 1. The Morgan fingerprint density at radius 2 is 2.15 bits per heavy atom. The molecule has 0 spiro atoms. The van der Waals surface area contributed by atoms with Crippen molar-refractivity contribution in [3.05, 3.63) is 57.8 Å². The smallest absolute Gasteiger partial charge is 0.412 e. The second-order valence-electron chi connectivity index (χ2n) is 9.01. The molecule has 0 unspecified atom stereocenters. The molecular formula is C26H25FIN7O4. The molecule has 1 atom stereocenters. The first-order chi connectivity index (χ1) is 18.8. The maximum absolute atomic E-state index is 14.7. The number of benzene rings is 2. The van der Waals surface area contributed by atoms with Crippen LogP contribution in [-0.2, 0) is 7.05 Å². The van der Waals surface area contributed by atoms with Gasteiger partial charge in [-0.3, -0.25) is 14.4 Å². The number of halogens is 2. The summed E-state index contributed by atoms with van der Waals surface area (Å²) in [5, 5.41) is 21.5. The molecule has 3 N–H and O–H groups in total. The van der Waals surface area contributed by atoms with Gasteiger partial charge in [-0.2, -0.15) is 5.10 Å². The molecule has 1 saturated heterocycles. The van der Waals surface area contributed by atoms with Gasteiger partial charge in [-0.05, 0) is 66.2 Å². The minimum absolute atomic E-state index is 0.0180. The standard InChI is InChI=1S/C26H25FIN7O4/c1-34-13-15-22(33-34)17(28)11-19(23(15)35(26(37)38)14-5-4-9-29-12-14)32-25(36)18-8-10-30-24(31-18)21-16(27)6-3-7-20(21)39-2/h3,6-8,10-11,13-14,29H,4-5,9,12H2,1-2H3,(H,32,36)(H,37,38)/t14-/m0/s1. The molecule has 0 aliphatic carbocycles. The van der Waals surface area contributed by atoms with Gasteiger partial charge in [-0.25, -0.2) is 19.2 Å². The highest BCUT2D eigenvalue weighted by Gasteiger charge is 2.32. The topological polar surface area (TPSA) is 134 Å². The van der Waals surface area contributed by atoms with E-state index in [4.69, 9.17) is 4.74 Å². The minimum Gasteiger partial charge on any atom is -0.496 e. The first kappa shape index (κ1) is 26.7. The van der Waals surface area contributed by atoms with E-state index in [1.807, 2.05) is 0 Å². The van der Waals surface area contributed by atoms with Crippen LogP contribution in [0.25, 0.3) is 22.3 Å². The first-order valence-corrected chi connectivity index (χ1v) is 13.2. The van der Waals surface area contributed by atoms with Crippen molar-refractivity contribution in [2.24, 2.45) is 7.05 Å². The highest BCUT2D eigenvalue weighted by molar-refractivity contribution is 14.1. The summed E-state index contributed by atoms with van der Waals surface area (Å²) in [4.78, 5) is 35.8. The Hall–Kier alpha value is -3.85. The second-order valence-corrected chi connectivity index (χ2v) is 10.2. The van der Waals surface area contributed by atoms with Gasteiger partial charge >= 0.3 is 6.09 Å². The van der Waals surface area contributed by atoms with E-state index in [9.17, 15) is 19.1 Å². The summed E-state index contributed by atoms with van der Waals surface area (Å²) in [5.74, 6) is -0.995. The molecule has 1 fully saturated rings. The van der Waals surface area contributed by atoms with E-state index in [2.05, 4.69) is 48.3 Å². The van der Waals surface area contributed by atoms with Gasteiger partial charge in [0.15, 0.2) is 5.82 Å². The quantitative estimate of drug-likeness (QED) is 0.265. The van der Waals surface area contributed by atoms with Crippen LogP contribution < -0.4 is 20.3 Å². The summed E-state index contributed by atoms with van der Waals surface area (Å²) in [6.45, 7) is 1.29. The Morgan fingerprint density at radius 1 is 1.33 bits per heavy atom. The number of nitrogens with one attached hydrogen (secondary N) is 2. The Labute approximate surface area is 236 Å². The molecule has 3 heterocycles. The number of piperidine rings is 1. The summed E-state index contributed by atoms with van der Waals surface area (Å²) in [5.41, 5.74) is 1.25. The third kappa shape index (κ3) is 5.23. The highest BCUT2D eigenvalue weighted by atomic mass is 127. The fraction of sp³-hybridized carbons (Fsp3) is 0.269. The lowest BCUT2D eigenvalue weighted by molar-refractivity contribution is 0.102. The molecule has 2 amide bonds. The lowest BCUT2D eigenvalue weighted by atomic mass is 10.0. The summed E-state index contributed by atoms with van der Waals surface area (Å²) < 4.78 is 22.3. The molecule has 1 aliphatic heterocycles. The number of hydrogen-bond acceptors (Lipinski definition) is 7. The maximum atomic E-state index is 14.7. The number of anilines is 2. The van der Waals surface area contributed by atoms with Crippen LogP contribution in [0, 0.1) is 9.39 Å². The molecule has 2 aromatic carbocycles. The number of amides is 2. The number of methoxy groups -OCH3 is 1. The molecule has 13 heteroatoms. The van der Waals surface area contributed by atoms with Crippen LogP contribution in [0.3, 0.4) is 0 Å². The number of carbonyl (C=O) groups is 2. The molecule has 39 heavy (non-hydrogen) atoms. The van der Waals surface area contributed by atoms with Crippen molar-refractivity contribution in [3.8, 4) is 17.1 Å². The predicted molar refractivity (Wildman–Crippen MR) is 152 cm³/mol. The zero-order valence-corrected chi connectivity index (χ0v) is 23.3. The van der Waals surface area contributed by atoms with Gasteiger partial charge in [0, 0.05) is 34.9 Å². The fourth-order valence-corrected chi connectivity index (χ4v) is 5.48. The van der Waals surface area contributed by atoms with Crippen molar-refractivity contribution >= 4 is 56.9 Å². The van der Waals surface area contributed by atoms with E-state index < -0.39 is 17.8 Å². The molecule has 0 radical (unpaired) electrons. The van der Waals surface area contributed by atoms with E-state index in [1.165, 1.54) is 36.4 Å². The molecule has 0 saturated carbocycles. The molecule has 1 aliphatic rings. The molecular weight excluding hydrogens is 620 g/mol. The summed E-state index contributed by atoms with van der Waals surface area (Å²) in [6, 6.07) is 7.09. The van der Waals surface area contributed by atoms with Crippen molar-refractivity contribution in [2.45, 2.75) is 18.9 Å². The van der Waals surface area contributed by atoms with Crippen LogP contribution in [0.15, 0.2) is 42.7 Å². The Balaban J connectivity index is 1.59. The van der Waals surface area contributed by atoms with Crippen molar-refractivity contribution in [2.75, 3.05) is 30.4 Å². The number of aromatic nitrogens is 4. The van der Waals surface area contributed by atoms with Crippen molar-refractivity contribution in [1.82, 2.24) is 25.1 Å². The Morgan fingerprint density at radius 3 is 2.87 bits per heavy atom. The van der Waals surface area contributed by atoms with Gasteiger partial charge in [0.05, 0.1) is 30.1 Å². The summed E-state index contributed by atoms with van der Waals surface area (Å²) in [6.07, 6.45) is 3.44. The summed E-state index contributed by atoms with van der Waals surface area (Å²) >= 11 is 2.11. The van der Waals surface area contributed by atoms with Crippen LogP contribution >= 0.6 is 22.6 Å². The Kier molecular flexibility index (Phi) is 7.61. The second kappa shape index (κ2) is 11.1. The van der Waals surface area contributed by atoms with Gasteiger partial charge in [-0.1, -0.05) is 6.07 Å². The molecule has 2 aromatic heterocycles. The van der Waals surface area contributed by atoms with Gasteiger partial charge in [0.2, 0.25) is 0 Å². The van der Waals surface area contributed by atoms with E-state index >= 15 is 0 Å². The molecule has 11 nitrogen and oxygen atoms in total. The average molecular weight is 645 g/mol. The van der Waals surface area contributed by atoms with Gasteiger partial charge in [0.25, 0.3) is 5.91 Å². The van der Waals surface area contributed by atoms with Crippen LogP contribution in [0.2, 0.25) is 0 Å².